The van der Waals surface area contributed by atoms with Crippen LogP contribution in [-0.2, 0) is 12.8 Å². The lowest BCUT2D eigenvalue weighted by molar-refractivity contribution is 0.285. The van der Waals surface area contributed by atoms with Crippen molar-refractivity contribution >= 4 is 5.84 Å². The van der Waals surface area contributed by atoms with Gasteiger partial charge in [0, 0.05) is 0 Å². The van der Waals surface area contributed by atoms with E-state index in [1.165, 1.54) is 12.8 Å². The second-order valence-corrected chi connectivity index (χ2v) is 5.08. The molecule has 0 aromatic carbocycles. The zero-order valence-corrected chi connectivity index (χ0v) is 12.1. The largest absolute Gasteiger partial charge is 0.476 e. The molecule has 2 rings (SSSR count). The van der Waals surface area contributed by atoms with Crippen molar-refractivity contribution < 1.29 is 9.94 Å². The Bertz CT molecular complexity index is 498. The monoisotopic (exact) mass is 278 g/mol. The van der Waals surface area contributed by atoms with Gasteiger partial charge >= 0.3 is 0 Å². The first-order valence-electron chi connectivity index (χ1n) is 7.20. The van der Waals surface area contributed by atoms with Gasteiger partial charge in [0.05, 0.1) is 17.9 Å². The highest BCUT2D eigenvalue weighted by Crippen LogP contribution is 2.32. The molecule has 0 spiro atoms. The van der Waals surface area contributed by atoms with Crippen molar-refractivity contribution in [3.05, 3.63) is 16.8 Å². The summed E-state index contributed by atoms with van der Waals surface area (Å²) in [6.07, 6.45) is 5.09. The molecular formula is C14H22N4O2. The Balaban J connectivity index is 2.27. The Morgan fingerprint density at radius 3 is 2.65 bits per heavy atom. The first-order valence-corrected chi connectivity index (χ1v) is 7.20. The summed E-state index contributed by atoms with van der Waals surface area (Å²) in [6, 6.07) is 0. The predicted molar refractivity (Wildman–Crippen MR) is 76.1 cm³/mol. The number of nitrogens with two attached hydrogens (primary N) is 1. The third-order valence-electron chi connectivity index (χ3n) is 3.64. The number of ether oxygens (including phenoxy) is 1. The fourth-order valence-electron chi connectivity index (χ4n) is 2.30. The zero-order valence-electron chi connectivity index (χ0n) is 12.1. The quantitative estimate of drug-likeness (QED) is 0.344. The van der Waals surface area contributed by atoms with Crippen LogP contribution in [0.4, 0.5) is 0 Å². The number of oxime groups is 1. The lowest BCUT2D eigenvalue weighted by Crippen LogP contribution is -2.20. The molecule has 6 nitrogen and oxygen atoms in total. The number of amidine groups is 1. The molecule has 0 radical (unpaired) electrons. The second-order valence-electron chi connectivity index (χ2n) is 5.08. The van der Waals surface area contributed by atoms with Crippen molar-refractivity contribution in [1.82, 2.24) is 10.2 Å². The first-order chi connectivity index (χ1) is 9.71. The summed E-state index contributed by atoms with van der Waals surface area (Å²) in [6.45, 7) is 4.62. The van der Waals surface area contributed by atoms with Gasteiger partial charge in [0.2, 0.25) is 5.88 Å². The summed E-state index contributed by atoms with van der Waals surface area (Å²) in [7, 11) is 0. The molecular weight excluding hydrogens is 256 g/mol. The molecule has 0 atom stereocenters. The average molecular weight is 278 g/mol. The molecule has 1 aliphatic rings. The van der Waals surface area contributed by atoms with Gasteiger partial charge in [-0.1, -0.05) is 31.8 Å². The minimum absolute atomic E-state index is 0.0351. The number of nitrogens with zero attached hydrogens (tertiary/aromatic N) is 3. The SMILES string of the molecule is CCc1nnc(OCCC2CC2)c(C(N)=NO)c1CC. The van der Waals surface area contributed by atoms with Crippen molar-refractivity contribution in [3.63, 3.8) is 0 Å². The van der Waals surface area contributed by atoms with E-state index in [4.69, 9.17) is 15.7 Å². The molecule has 3 N–H and O–H groups in total. The van der Waals surface area contributed by atoms with E-state index in [0.717, 1.165) is 36.4 Å². The van der Waals surface area contributed by atoms with Crippen molar-refractivity contribution in [1.29, 1.82) is 0 Å². The van der Waals surface area contributed by atoms with Crippen LogP contribution < -0.4 is 10.5 Å². The molecule has 0 saturated heterocycles. The maximum atomic E-state index is 8.98. The van der Waals surface area contributed by atoms with Gasteiger partial charge in [-0.3, -0.25) is 0 Å². The summed E-state index contributed by atoms with van der Waals surface area (Å²) < 4.78 is 5.71. The molecule has 1 fully saturated rings. The maximum Gasteiger partial charge on any atom is 0.244 e. The van der Waals surface area contributed by atoms with E-state index in [1.807, 2.05) is 13.8 Å². The summed E-state index contributed by atoms with van der Waals surface area (Å²) in [5, 5.41) is 20.4. The highest BCUT2D eigenvalue weighted by molar-refractivity contribution is 6.00. The van der Waals surface area contributed by atoms with Crippen LogP contribution in [0.2, 0.25) is 0 Å². The summed E-state index contributed by atoms with van der Waals surface area (Å²) >= 11 is 0. The number of hydrogen-bond donors (Lipinski definition) is 2. The second kappa shape index (κ2) is 6.54. The summed E-state index contributed by atoms with van der Waals surface area (Å²) in [4.78, 5) is 0. The van der Waals surface area contributed by atoms with Gasteiger partial charge in [-0.15, -0.1) is 5.10 Å². The minimum atomic E-state index is 0.0351. The van der Waals surface area contributed by atoms with Crippen molar-refractivity contribution in [3.8, 4) is 5.88 Å². The van der Waals surface area contributed by atoms with Gasteiger partial charge in [-0.05, 0) is 30.7 Å². The van der Waals surface area contributed by atoms with Crippen LogP contribution in [-0.4, -0.2) is 27.8 Å². The first kappa shape index (κ1) is 14.6. The topological polar surface area (TPSA) is 93.6 Å². The highest BCUT2D eigenvalue weighted by atomic mass is 16.5. The van der Waals surface area contributed by atoms with Crippen molar-refractivity contribution in [2.24, 2.45) is 16.8 Å². The van der Waals surface area contributed by atoms with Crippen LogP contribution >= 0.6 is 0 Å². The fraction of sp³-hybridized carbons (Fsp3) is 0.643. The Hall–Kier alpha value is -1.85. The minimum Gasteiger partial charge on any atom is -0.476 e. The fourth-order valence-corrected chi connectivity index (χ4v) is 2.30. The predicted octanol–water partition coefficient (Wildman–Crippen LogP) is 1.87. The normalized spacial score (nSPS) is 15.4. The molecule has 0 amide bonds. The third-order valence-corrected chi connectivity index (χ3v) is 3.64. The van der Waals surface area contributed by atoms with Crippen LogP contribution in [0.1, 0.15) is 49.9 Å². The van der Waals surface area contributed by atoms with Crippen LogP contribution in [0.5, 0.6) is 5.88 Å². The van der Waals surface area contributed by atoms with Gasteiger partial charge < -0.3 is 15.7 Å². The Labute approximate surface area is 119 Å². The molecule has 0 bridgehead atoms. The summed E-state index contributed by atoms with van der Waals surface area (Å²) in [5.74, 6) is 1.19. The van der Waals surface area contributed by atoms with E-state index in [0.29, 0.717) is 18.1 Å². The number of aromatic nitrogens is 2. The number of aryl methyl sites for hydroxylation is 1. The van der Waals surface area contributed by atoms with Gasteiger partial charge in [-0.25, -0.2) is 0 Å². The maximum absolute atomic E-state index is 8.98. The molecule has 1 heterocycles. The lowest BCUT2D eigenvalue weighted by Gasteiger charge is -2.14. The highest BCUT2D eigenvalue weighted by Gasteiger charge is 2.23. The summed E-state index contributed by atoms with van der Waals surface area (Å²) in [5.41, 5.74) is 8.18. The standard InChI is InChI=1S/C14H22N4O2/c1-3-10-11(4-2)16-17-14(12(10)13(15)18-19)20-8-7-9-5-6-9/h9,19H,3-8H2,1-2H3,(H2,15,18). The van der Waals surface area contributed by atoms with Gasteiger partial charge in [0.15, 0.2) is 5.84 Å². The molecule has 6 heteroatoms. The van der Waals surface area contributed by atoms with Gasteiger partial charge in [-0.2, -0.15) is 5.10 Å². The molecule has 0 aliphatic heterocycles. The Morgan fingerprint density at radius 1 is 1.35 bits per heavy atom. The Morgan fingerprint density at radius 2 is 2.10 bits per heavy atom. The van der Waals surface area contributed by atoms with E-state index >= 15 is 0 Å². The van der Waals surface area contributed by atoms with Gasteiger partial charge in [0.25, 0.3) is 0 Å². The molecule has 0 unspecified atom stereocenters. The van der Waals surface area contributed by atoms with Crippen LogP contribution in [0.15, 0.2) is 5.16 Å². The number of rotatable bonds is 7. The molecule has 1 aliphatic carbocycles. The molecule has 110 valence electrons. The van der Waals surface area contributed by atoms with E-state index in [-0.39, 0.29) is 5.84 Å². The van der Waals surface area contributed by atoms with Crippen LogP contribution in [0, 0.1) is 5.92 Å². The molecule has 1 saturated carbocycles. The smallest absolute Gasteiger partial charge is 0.244 e. The van der Waals surface area contributed by atoms with Crippen LogP contribution in [0.25, 0.3) is 0 Å². The van der Waals surface area contributed by atoms with E-state index in [2.05, 4.69) is 15.4 Å². The molecule has 20 heavy (non-hydrogen) atoms. The van der Waals surface area contributed by atoms with Crippen LogP contribution in [0.3, 0.4) is 0 Å². The van der Waals surface area contributed by atoms with E-state index in [9.17, 15) is 0 Å². The van der Waals surface area contributed by atoms with E-state index < -0.39 is 0 Å². The number of hydrogen-bond acceptors (Lipinski definition) is 5. The third kappa shape index (κ3) is 3.18. The zero-order chi connectivity index (χ0) is 14.5. The lowest BCUT2D eigenvalue weighted by atomic mass is 10.0. The van der Waals surface area contributed by atoms with Crippen molar-refractivity contribution in [2.45, 2.75) is 46.0 Å². The molecule has 1 aromatic rings. The molecule has 1 aromatic heterocycles. The van der Waals surface area contributed by atoms with Crippen molar-refractivity contribution in [2.75, 3.05) is 6.61 Å². The van der Waals surface area contributed by atoms with E-state index in [1.54, 1.807) is 0 Å². The Kier molecular flexibility index (Phi) is 4.76. The average Bonchev–Trinajstić information content (AvgIpc) is 3.29. The van der Waals surface area contributed by atoms with Gasteiger partial charge in [0.1, 0.15) is 0 Å².